The molecule has 3 nitrogen and oxygen atoms in total. The molecule has 52 heavy (non-hydrogen) atoms. The van der Waals surface area contributed by atoms with Gasteiger partial charge >= 0.3 is 310 Å². The number of hydrogen-bond acceptors (Lipinski definition) is 3. The minimum atomic E-state index is 0.182. The van der Waals surface area contributed by atoms with Crippen molar-refractivity contribution < 1.29 is 0 Å². The molecule has 0 unspecified atom stereocenters. The first-order valence-electron chi connectivity index (χ1n) is 17.8. The summed E-state index contributed by atoms with van der Waals surface area (Å²) in [5.41, 5.74) is 18.5. The zero-order valence-corrected chi connectivity index (χ0v) is 30.6. The van der Waals surface area contributed by atoms with Crippen molar-refractivity contribution in [1.82, 2.24) is 15.4 Å². The van der Waals surface area contributed by atoms with Crippen LogP contribution < -0.4 is 0 Å². The molecule has 7 aromatic carbocycles. The normalized spacial score (nSPS) is 12.0. The predicted molar refractivity (Wildman–Crippen MR) is 217 cm³/mol. The molecule has 2 aromatic heterocycles. The molecule has 0 atom stereocenters. The monoisotopic (exact) mass is 731 g/mol. The molecule has 0 N–H and O–H groups in total. The quantitative estimate of drug-likeness (QED) is 0.166. The van der Waals surface area contributed by atoms with Gasteiger partial charge in [-0.3, -0.25) is 0 Å². The summed E-state index contributed by atoms with van der Waals surface area (Å²) < 4.78 is 2.77. The van der Waals surface area contributed by atoms with Crippen LogP contribution in [0.3, 0.4) is 0 Å². The third-order valence-corrected chi connectivity index (χ3v) is 13.2. The van der Waals surface area contributed by atoms with Gasteiger partial charge in [0.15, 0.2) is 0 Å². The van der Waals surface area contributed by atoms with Crippen LogP contribution in [0, 0.1) is 13.8 Å². The topological polar surface area (TPSA) is 38.7 Å². The van der Waals surface area contributed by atoms with E-state index >= 15 is 0 Å². The van der Waals surface area contributed by atoms with Crippen molar-refractivity contribution in [3.8, 4) is 67.0 Å². The second-order valence-electron chi connectivity index (χ2n) is 13.7. The van der Waals surface area contributed by atoms with Crippen LogP contribution in [0.1, 0.15) is 22.3 Å². The van der Waals surface area contributed by atoms with Crippen LogP contribution >= 0.6 is 0 Å². The number of benzene rings is 7. The molecule has 1 aliphatic carbocycles. The molecule has 0 radical (unpaired) electrons. The van der Waals surface area contributed by atoms with Gasteiger partial charge in [-0.2, -0.15) is 0 Å². The Kier molecular flexibility index (Phi) is 7.35. The zero-order chi connectivity index (χ0) is 34.8. The molecule has 1 aliphatic rings. The van der Waals surface area contributed by atoms with Crippen LogP contribution in [0.2, 0.25) is 0 Å². The molecule has 2 heterocycles. The van der Waals surface area contributed by atoms with Gasteiger partial charge < -0.3 is 0 Å². The summed E-state index contributed by atoms with van der Waals surface area (Å²) >= 11 is 0.182. The molecule has 0 saturated heterocycles. The van der Waals surface area contributed by atoms with Gasteiger partial charge in [0, 0.05) is 0 Å². The van der Waals surface area contributed by atoms with E-state index in [1.165, 1.54) is 58.2 Å². The maximum absolute atomic E-state index is 5.14. The molecule has 4 heteroatoms. The molecular formula is C48H33N3Se. The third kappa shape index (κ3) is 4.83. The third-order valence-electron chi connectivity index (χ3n) is 10.8. The van der Waals surface area contributed by atoms with Crippen LogP contribution in [0.5, 0.6) is 0 Å². The second-order valence-corrected chi connectivity index (χ2v) is 15.9. The van der Waals surface area contributed by atoms with Gasteiger partial charge in [-0.25, -0.2) is 0 Å². The van der Waals surface area contributed by atoms with Crippen molar-refractivity contribution in [2.75, 3.05) is 0 Å². The summed E-state index contributed by atoms with van der Waals surface area (Å²) in [5.74, 6) is 0. The van der Waals surface area contributed by atoms with E-state index in [1.54, 1.807) is 0 Å². The van der Waals surface area contributed by atoms with Crippen molar-refractivity contribution in [2.24, 2.45) is 0 Å². The van der Waals surface area contributed by atoms with Crippen molar-refractivity contribution in [2.45, 2.75) is 20.3 Å². The van der Waals surface area contributed by atoms with Gasteiger partial charge in [0.05, 0.1) is 0 Å². The van der Waals surface area contributed by atoms with Crippen molar-refractivity contribution in [3.05, 3.63) is 174 Å². The molecular weight excluding hydrogens is 698 g/mol. The summed E-state index contributed by atoms with van der Waals surface area (Å²) in [6, 6.07) is 54.8. The fraction of sp³-hybridized carbons (Fsp3) is 0.0625. The molecule has 0 fully saturated rings. The Hall–Kier alpha value is -5.93. The van der Waals surface area contributed by atoms with Crippen LogP contribution in [0.4, 0.5) is 0 Å². The Labute approximate surface area is 309 Å². The average Bonchev–Trinajstić information content (AvgIpc) is 3.77. The number of aromatic nitrogens is 3. The predicted octanol–water partition coefficient (Wildman–Crippen LogP) is 11.8. The Bertz CT molecular complexity index is 2840. The Morgan fingerprint density at radius 2 is 1.12 bits per heavy atom. The fourth-order valence-electron chi connectivity index (χ4n) is 8.26. The number of nitrogens with zero attached hydrogens (tertiary/aromatic N) is 3. The molecule has 9 aromatic rings. The molecule has 0 amide bonds. The first kappa shape index (κ1) is 30.9. The van der Waals surface area contributed by atoms with Crippen molar-refractivity contribution >= 4 is 33.8 Å². The first-order chi connectivity index (χ1) is 25.7. The maximum atomic E-state index is 5.14. The summed E-state index contributed by atoms with van der Waals surface area (Å²) in [5, 5.41) is 17.4. The molecule has 0 saturated carbocycles. The Morgan fingerprint density at radius 3 is 1.90 bits per heavy atom. The summed E-state index contributed by atoms with van der Waals surface area (Å²) in [6.07, 6.45) is 0.855. The van der Waals surface area contributed by atoms with Crippen LogP contribution in [-0.4, -0.2) is 29.9 Å². The van der Waals surface area contributed by atoms with Gasteiger partial charge in [-0.05, 0) is 0 Å². The van der Waals surface area contributed by atoms with Crippen LogP contribution in [0.15, 0.2) is 152 Å². The summed E-state index contributed by atoms with van der Waals surface area (Å²) in [7, 11) is 0. The van der Waals surface area contributed by atoms with Gasteiger partial charge in [0.25, 0.3) is 0 Å². The van der Waals surface area contributed by atoms with Crippen molar-refractivity contribution in [1.29, 1.82) is 0 Å². The minimum absolute atomic E-state index is 0.182. The van der Waals surface area contributed by atoms with E-state index in [0.717, 1.165) is 56.8 Å². The fourth-order valence-corrected chi connectivity index (χ4v) is 10.6. The Balaban J connectivity index is 1.39. The van der Waals surface area contributed by atoms with E-state index in [0.29, 0.717) is 0 Å². The van der Waals surface area contributed by atoms with Gasteiger partial charge in [-0.15, -0.1) is 0 Å². The van der Waals surface area contributed by atoms with Crippen LogP contribution in [-0.2, 0) is 6.42 Å². The van der Waals surface area contributed by atoms with Crippen LogP contribution in [0.25, 0.3) is 86.3 Å². The van der Waals surface area contributed by atoms with E-state index in [1.807, 2.05) is 0 Å². The van der Waals surface area contributed by atoms with E-state index in [2.05, 4.69) is 171 Å². The van der Waals surface area contributed by atoms with E-state index < -0.39 is 0 Å². The van der Waals surface area contributed by atoms with Gasteiger partial charge in [0.1, 0.15) is 0 Å². The number of fused-ring (bicyclic) bond motifs is 6. The van der Waals surface area contributed by atoms with E-state index in [9.17, 15) is 0 Å². The second kappa shape index (κ2) is 12.4. The van der Waals surface area contributed by atoms with E-state index in [-0.39, 0.29) is 14.5 Å². The van der Waals surface area contributed by atoms with Gasteiger partial charge in [0.2, 0.25) is 0 Å². The number of hydrogen-bond donors (Lipinski definition) is 0. The molecule has 10 rings (SSSR count). The molecule has 246 valence electrons. The summed E-state index contributed by atoms with van der Waals surface area (Å²) in [4.78, 5) is 0. The van der Waals surface area contributed by atoms with Crippen molar-refractivity contribution in [3.63, 3.8) is 0 Å². The average molecular weight is 731 g/mol. The first-order valence-corrected chi connectivity index (χ1v) is 19.5. The number of rotatable bonds is 5. The zero-order valence-electron chi connectivity index (χ0n) is 28.9. The molecule has 0 spiro atoms. The molecule has 0 aliphatic heterocycles. The van der Waals surface area contributed by atoms with Gasteiger partial charge in [-0.1, -0.05) is 0 Å². The Morgan fingerprint density at radius 1 is 0.481 bits per heavy atom. The molecule has 0 bridgehead atoms. The summed E-state index contributed by atoms with van der Waals surface area (Å²) in [6.45, 7) is 4.52. The standard InChI is InChI=1S/C48H33N3Se/c1-29-27-39-35-21-10-9-19-33(35)28-40(39)43(30(29)2)46-47(37-22-12-11-20-34(37)31-15-5-3-6-16-31)49-51-50-48(46)45-36(32-17-7-4-8-18-32)25-26-42-44(45)38-23-13-14-24-41(38)52-42/h3-27H,28H2,1-2H3. The van der Waals surface area contributed by atoms with E-state index in [4.69, 9.17) is 10.2 Å². The SMILES string of the molecule is Cc1cc2c(c(-c3c(-c4ccccc4-c4ccccc4)nnnc3-c3c(-c4ccccc4)ccc4[se]c5ccccc5c34)c1C)Cc1ccccc1-2. The number of aryl methyl sites for hydroxylation is 1.